The number of hydrogen-bond donors (Lipinski definition) is 2. The minimum atomic E-state index is -0.568. The van der Waals surface area contributed by atoms with Crippen molar-refractivity contribution in [2.75, 3.05) is 51.4 Å². The molecule has 0 aliphatic carbocycles. The minimum Gasteiger partial charge on any atom is -0.451 e. The normalized spacial score (nSPS) is 13.6. The van der Waals surface area contributed by atoms with Crippen LogP contribution in [0.1, 0.15) is 9.67 Å². The molecule has 2 amide bonds. The van der Waals surface area contributed by atoms with Crippen LogP contribution in [0.15, 0.2) is 36.4 Å². The molecule has 0 unspecified atom stereocenters. The number of anilines is 1. The lowest BCUT2D eigenvalue weighted by molar-refractivity contribution is -0.127. The van der Waals surface area contributed by atoms with Crippen LogP contribution in [0.25, 0.3) is 11.1 Å². The summed E-state index contributed by atoms with van der Waals surface area (Å²) in [6.45, 7) is 2.16. The number of carbonyl (C=O) groups excluding carboxylic acids is 3. The molecule has 2 N–H and O–H groups in total. The molecule has 9 heteroatoms. The summed E-state index contributed by atoms with van der Waals surface area (Å²) in [6.07, 6.45) is 0. The van der Waals surface area contributed by atoms with Crippen LogP contribution >= 0.6 is 11.3 Å². The van der Waals surface area contributed by atoms with Gasteiger partial charge in [0.2, 0.25) is 5.91 Å². The van der Waals surface area contributed by atoms with Crippen molar-refractivity contribution in [1.29, 1.82) is 0 Å². The molecule has 0 saturated carbocycles. The van der Waals surface area contributed by atoms with Crippen LogP contribution in [0.4, 0.5) is 5.00 Å². The zero-order chi connectivity index (χ0) is 20.6. The van der Waals surface area contributed by atoms with Crippen LogP contribution in [-0.4, -0.2) is 64.3 Å². The maximum absolute atomic E-state index is 12.5. The highest BCUT2D eigenvalue weighted by Crippen LogP contribution is 2.39. The lowest BCUT2D eigenvalue weighted by Gasteiger charge is -2.28. The number of amides is 2. The lowest BCUT2D eigenvalue weighted by Crippen LogP contribution is -2.37. The third-order valence-electron chi connectivity index (χ3n) is 4.36. The second kappa shape index (κ2) is 10.0. The SMILES string of the molecule is CNC(=O)CNC(=O)COC(=O)c1cc(-c2ccccc2)c(N2CCOCC2)s1. The first kappa shape index (κ1) is 20.8. The Hall–Kier alpha value is -2.91. The van der Waals surface area contributed by atoms with Crippen molar-refractivity contribution in [2.24, 2.45) is 0 Å². The molecule has 1 aromatic heterocycles. The first-order chi connectivity index (χ1) is 14.1. The Bertz CT molecular complexity index is 862. The Balaban J connectivity index is 1.72. The van der Waals surface area contributed by atoms with Crippen LogP contribution in [0, 0.1) is 0 Å². The van der Waals surface area contributed by atoms with E-state index in [4.69, 9.17) is 9.47 Å². The molecular formula is C20H23N3O5S. The number of ether oxygens (including phenoxy) is 2. The van der Waals surface area contributed by atoms with Gasteiger partial charge in [0.25, 0.3) is 5.91 Å². The summed E-state index contributed by atoms with van der Waals surface area (Å²) in [4.78, 5) is 38.0. The number of rotatable bonds is 7. The molecule has 1 fully saturated rings. The van der Waals surface area contributed by atoms with Crippen LogP contribution in [-0.2, 0) is 19.1 Å². The topological polar surface area (TPSA) is 97.0 Å². The van der Waals surface area contributed by atoms with E-state index < -0.39 is 18.5 Å². The second-order valence-corrected chi connectivity index (χ2v) is 7.35. The van der Waals surface area contributed by atoms with Gasteiger partial charge < -0.3 is 25.0 Å². The van der Waals surface area contributed by atoms with Crippen molar-refractivity contribution in [3.8, 4) is 11.1 Å². The second-order valence-electron chi connectivity index (χ2n) is 6.32. The highest BCUT2D eigenvalue weighted by molar-refractivity contribution is 7.18. The Morgan fingerprint density at radius 2 is 1.86 bits per heavy atom. The number of nitrogens with zero attached hydrogens (tertiary/aromatic N) is 1. The molecule has 154 valence electrons. The van der Waals surface area contributed by atoms with Gasteiger partial charge in [0.05, 0.1) is 24.8 Å². The Morgan fingerprint density at radius 3 is 2.55 bits per heavy atom. The summed E-state index contributed by atoms with van der Waals surface area (Å²) >= 11 is 1.34. The van der Waals surface area contributed by atoms with Crippen molar-refractivity contribution in [3.63, 3.8) is 0 Å². The molecule has 1 aliphatic heterocycles. The van der Waals surface area contributed by atoms with Gasteiger partial charge in [-0.1, -0.05) is 30.3 Å². The van der Waals surface area contributed by atoms with Crippen molar-refractivity contribution in [3.05, 3.63) is 41.3 Å². The molecular weight excluding hydrogens is 394 g/mol. The fourth-order valence-electron chi connectivity index (χ4n) is 2.83. The minimum absolute atomic E-state index is 0.161. The first-order valence-electron chi connectivity index (χ1n) is 9.25. The number of likely N-dealkylation sites (N-methyl/N-ethyl adjacent to an activating group) is 1. The molecule has 1 aromatic carbocycles. The third kappa shape index (κ3) is 5.55. The van der Waals surface area contributed by atoms with Gasteiger partial charge >= 0.3 is 5.97 Å². The number of morpholine rings is 1. The van der Waals surface area contributed by atoms with E-state index in [9.17, 15) is 14.4 Å². The summed E-state index contributed by atoms with van der Waals surface area (Å²) in [5.74, 6) is -1.43. The fourth-order valence-corrected chi connectivity index (χ4v) is 3.95. The van der Waals surface area contributed by atoms with E-state index in [-0.39, 0.29) is 12.5 Å². The molecule has 0 atom stereocenters. The van der Waals surface area contributed by atoms with Gasteiger partial charge in [0.15, 0.2) is 6.61 Å². The highest BCUT2D eigenvalue weighted by atomic mass is 32.1. The van der Waals surface area contributed by atoms with Crippen molar-refractivity contribution >= 4 is 34.1 Å². The van der Waals surface area contributed by atoms with Crippen LogP contribution in [0.3, 0.4) is 0 Å². The Morgan fingerprint density at radius 1 is 1.14 bits per heavy atom. The summed E-state index contributed by atoms with van der Waals surface area (Å²) in [5.41, 5.74) is 1.96. The van der Waals surface area contributed by atoms with E-state index in [1.165, 1.54) is 18.4 Å². The van der Waals surface area contributed by atoms with E-state index in [1.54, 1.807) is 6.07 Å². The summed E-state index contributed by atoms with van der Waals surface area (Å²) in [7, 11) is 1.47. The smallest absolute Gasteiger partial charge is 0.348 e. The van der Waals surface area contributed by atoms with Crippen molar-refractivity contribution in [2.45, 2.75) is 0 Å². The monoisotopic (exact) mass is 417 g/mol. The molecule has 0 spiro atoms. The zero-order valence-electron chi connectivity index (χ0n) is 16.1. The third-order valence-corrected chi connectivity index (χ3v) is 5.53. The Kier molecular flexibility index (Phi) is 7.20. The predicted molar refractivity (Wildman–Crippen MR) is 110 cm³/mol. The maximum atomic E-state index is 12.5. The highest BCUT2D eigenvalue weighted by Gasteiger charge is 2.23. The van der Waals surface area contributed by atoms with Gasteiger partial charge in [-0.05, 0) is 11.6 Å². The largest absolute Gasteiger partial charge is 0.451 e. The lowest BCUT2D eigenvalue weighted by atomic mass is 10.1. The van der Waals surface area contributed by atoms with E-state index in [2.05, 4.69) is 15.5 Å². The standard InChI is InChI=1S/C20H23N3O5S/c1-21-17(24)12-22-18(25)13-28-20(26)16-11-15(14-5-3-2-4-6-14)19(29-16)23-7-9-27-10-8-23/h2-6,11H,7-10,12-13H2,1H3,(H,21,24)(H,22,25). The van der Waals surface area contributed by atoms with Gasteiger partial charge in [0.1, 0.15) is 4.88 Å². The van der Waals surface area contributed by atoms with Crippen molar-refractivity contribution < 1.29 is 23.9 Å². The molecule has 2 aromatic rings. The van der Waals surface area contributed by atoms with E-state index >= 15 is 0 Å². The fraction of sp³-hybridized carbons (Fsp3) is 0.350. The number of nitrogens with one attached hydrogen (secondary N) is 2. The number of esters is 1. The van der Waals surface area contributed by atoms with E-state index in [0.717, 1.165) is 29.2 Å². The number of thiophene rings is 1. The van der Waals surface area contributed by atoms with Crippen LogP contribution < -0.4 is 15.5 Å². The predicted octanol–water partition coefficient (Wildman–Crippen LogP) is 1.27. The maximum Gasteiger partial charge on any atom is 0.348 e. The molecule has 1 saturated heterocycles. The molecule has 0 radical (unpaired) electrons. The number of hydrogen-bond acceptors (Lipinski definition) is 7. The van der Waals surface area contributed by atoms with Gasteiger partial charge in [0, 0.05) is 25.7 Å². The molecule has 29 heavy (non-hydrogen) atoms. The van der Waals surface area contributed by atoms with Crippen molar-refractivity contribution in [1.82, 2.24) is 10.6 Å². The average Bonchev–Trinajstić information content (AvgIpc) is 3.22. The number of carbonyl (C=O) groups is 3. The van der Waals surface area contributed by atoms with E-state index in [0.29, 0.717) is 18.1 Å². The molecule has 2 heterocycles. The Labute approximate surface area is 172 Å². The summed E-state index contributed by atoms with van der Waals surface area (Å²) in [6, 6.07) is 11.6. The molecule has 1 aliphatic rings. The van der Waals surface area contributed by atoms with Crippen LogP contribution in [0.5, 0.6) is 0 Å². The quantitative estimate of drug-likeness (QED) is 0.659. The number of benzene rings is 1. The molecule has 0 bridgehead atoms. The van der Waals surface area contributed by atoms with Gasteiger partial charge in [-0.15, -0.1) is 11.3 Å². The van der Waals surface area contributed by atoms with E-state index in [1.807, 2.05) is 30.3 Å². The van der Waals surface area contributed by atoms with Gasteiger partial charge in [-0.2, -0.15) is 0 Å². The first-order valence-corrected chi connectivity index (χ1v) is 10.1. The summed E-state index contributed by atoms with van der Waals surface area (Å²) < 4.78 is 10.6. The average molecular weight is 417 g/mol. The summed E-state index contributed by atoms with van der Waals surface area (Å²) in [5, 5.41) is 5.76. The zero-order valence-corrected chi connectivity index (χ0v) is 16.9. The molecule has 8 nitrogen and oxygen atoms in total. The van der Waals surface area contributed by atoms with Crippen LogP contribution in [0.2, 0.25) is 0 Å². The molecule has 3 rings (SSSR count). The van der Waals surface area contributed by atoms with Gasteiger partial charge in [-0.25, -0.2) is 4.79 Å². The van der Waals surface area contributed by atoms with Gasteiger partial charge in [-0.3, -0.25) is 9.59 Å².